The van der Waals surface area contributed by atoms with E-state index in [9.17, 15) is 4.39 Å². The third-order valence-electron chi connectivity index (χ3n) is 2.70. The summed E-state index contributed by atoms with van der Waals surface area (Å²) < 4.78 is 18.9. The van der Waals surface area contributed by atoms with Crippen LogP contribution in [0, 0.1) is 5.82 Å². The van der Waals surface area contributed by atoms with Crippen LogP contribution in [0.5, 0.6) is 0 Å². The first-order valence-electron chi connectivity index (χ1n) is 6.34. The van der Waals surface area contributed by atoms with E-state index in [1.165, 1.54) is 17.8 Å². The number of rotatable bonds is 8. The summed E-state index contributed by atoms with van der Waals surface area (Å²) >= 11 is 1.52. The molecule has 1 aromatic rings. The van der Waals surface area contributed by atoms with E-state index >= 15 is 0 Å². The van der Waals surface area contributed by atoms with Crippen LogP contribution >= 0.6 is 11.8 Å². The van der Waals surface area contributed by atoms with Crippen molar-refractivity contribution in [2.75, 3.05) is 26.0 Å². The summed E-state index contributed by atoms with van der Waals surface area (Å²) in [6.07, 6.45) is 1.08. The van der Waals surface area contributed by atoms with E-state index in [0.717, 1.165) is 29.2 Å². The molecule has 2 nitrogen and oxygen atoms in total. The Bertz CT molecular complexity index is 360. The minimum atomic E-state index is -0.140. The SMILES string of the molecule is CCCNC(C)c1cccc(F)c1SCCOC. The smallest absolute Gasteiger partial charge is 0.137 e. The Balaban J connectivity index is 2.78. The maximum Gasteiger partial charge on any atom is 0.137 e. The second kappa shape index (κ2) is 8.51. The first kappa shape index (κ1) is 15.5. The lowest BCUT2D eigenvalue weighted by molar-refractivity contribution is 0.218. The van der Waals surface area contributed by atoms with Gasteiger partial charge in [-0.1, -0.05) is 19.1 Å². The minimum absolute atomic E-state index is 0.140. The van der Waals surface area contributed by atoms with Crippen molar-refractivity contribution in [3.05, 3.63) is 29.6 Å². The summed E-state index contributed by atoms with van der Waals surface area (Å²) in [5, 5.41) is 3.40. The molecule has 1 atom stereocenters. The molecule has 0 aliphatic heterocycles. The van der Waals surface area contributed by atoms with Crippen molar-refractivity contribution >= 4 is 11.8 Å². The predicted octanol–water partition coefficient (Wildman–Crippen LogP) is 3.62. The van der Waals surface area contributed by atoms with E-state index in [-0.39, 0.29) is 11.9 Å². The van der Waals surface area contributed by atoms with Gasteiger partial charge < -0.3 is 10.1 Å². The van der Waals surface area contributed by atoms with Gasteiger partial charge in [-0.3, -0.25) is 0 Å². The lowest BCUT2D eigenvalue weighted by Gasteiger charge is -2.18. The van der Waals surface area contributed by atoms with Crippen molar-refractivity contribution in [2.24, 2.45) is 0 Å². The highest BCUT2D eigenvalue weighted by molar-refractivity contribution is 7.99. The number of halogens is 1. The van der Waals surface area contributed by atoms with Crippen LogP contribution in [0.25, 0.3) is 0 Å². The molecule has 0 aromatic heterocycles. The molecule has 18 heavy (non-hydrogen) atoms. The quantitative estimate of drug-likeness (QED) is 0.576. The number of ether oxygens (including phenoxy) is 1. The van der Waals surface area contributed by atoms with Gasteiger partial charge in [-0.05, 0) is 31.5 Å². The number of nitrogens with one attached hydrogen (secondary N) is 1. The van der Waals surface area contributed by atoms with Crippen molar-refractivity contribution < 1.29 is 9.13 Å². The molecular weight excluding hydrogens is 249 g/mol. The van der Waals surface area contributed by atoms with Crippen LogP contribution in [0.4, 0.5) is 4.39 Å². The zero-order valence-corrected chi connectivity index (χ0v) is 12.1. The van der Waals surface area contributed by atoms with Gasteiger partial charge in [0.1, 0.15) is 5.82 Å². The van der Waals surface area contributed by atoms with Gasteiger partial charge >= 0.3 is 0 Å². The van der Waals surface area contributed by atoms with Gasteiger partial charge in [0.25, 0.3) is 0 Å². The van der Waals surface area contributed by atoms with Crippen LogP contribution in [-0.4, -0.2) is 26.0 Å². The molecule has 0 radical (unpaired) electrons. The predicted molar refractivity (Wildman–Crippen MR) is 75.7 cm³/mol. The molecule has 4 heteroatoms. The molecule has 1 N–H and O–H groups in total. The van der Waals surface area contributed by atoms with Gasteiger partial charge in [-0.2, -0.15) is 0 Å². The van der Waals surface area contributed by atoms with E-state index in [1.54, 1.807) is 13.2 Å². The molecule has 0 saturated heterocycles. The van der Waals surface area contributed by atoms with Crippen molar-refractivity contribution in [3.63, 3.8) is 0 Å². The summed E-state index contributed by atoms with van der Waals surface area (Å²) in [5.41, 5.74) is 1.03. The van der Waals surface area contributed by atoms with Crippen molar-refractivity contribution in [3.8, 4) is 0 Å². The van der Waals surface area contributed by atoms with Crippen LogP contribution in [0.1, 0.15) is 31.9 Å². The average molecular weight is 271 g/mol. The molecule has 0 heterocycles. The van der Waals surface area contributed by atoms with Crippen molar-refractivity contribution in [1.82, 2.24) is 5.32 Å². The Hall–Kier alpha value is -0.580. The maximum absolute atomic E-state index is 13.9. The first-order chi connectivity index (χ1) is 8.70. The zero-order valence-electron chi connectivity index (χ0n) is 11.3. The van der Waals surface area contributed by atoms with Gasteiger partial charge in [0.2, 0.25) is 0 Å². The minimum Gasteiger partial charge on any atom is -0.384 e. The Morgan fingerprint density at radius 3 is 2.89 bits per heavy atom. The molecule has 1 aromatic carbocycles. The lowest BCUT2D eigenvalue weighted by atomic mass is 10.1. The molecule has 102 valence electrons. The van der Waals surface area contributed by atoms with E-state index in [4.69, 9.17) is 4.74 Å². The first-order valence-corrected chi connectivity index (χ1v) is 7.32. The zero-order chi connectivity index (χ0) is 13.4. The highest BCUT2D eigenvalue weighted by Crippen LogP contribution is 2.30. The molecule has 1 unspecified atom stereocenters. The molecule has 0 bridgehead atoms. The summed E-state index contributed by atoms with van der Waals surface area (Å²) in [6.45, 7) is 5.78. The Morgan fingerprint density at radius 2 is 2.22 bits per heavy atom. The second-order valence-corrected chi connectivity index (χ2v) is 5.28. The maximum atomic E-state index is 13.9. The molecule has 0 fully saturated rings. The molecule has 0 aliphatic rings. The fourth-order valence-electron chi connectivity index (χ4n) is 1.72. The highest BCUT2D eigenvalue weighted by atomic mass is 32.2. The standard InChI is InChI=1S/C14H22FNOS/c1-4-8-16-11(2)12-6-5-7-13(15)14(12)18-10-9-17-3/h5-7,11,16H,4,8-10H2,1-3H3. The molecule has 0 saturated carbocycles. The molecule has 0 spiro atoms. The van der Waals surface area contributed by atoms with E-state index in [2.05, 4.69) is 19.2 Å². The summed E-state index contributed by atoms with van der Waals surface area (Å²) in [6, 6.07) is 5.46. The molecule has 0 amide bonds. The largest absolute Gasteiger partial charge is 0.384 e. The van der Waals surface area contributed by atoms with Gasteiger partial charge in [0.15, 0.2) is 0 Å². The van der Waals surface area contributed by atoms with Crippen LogP contribution in [0.15, 0.2) is 23.1 Å². The van der Waals surface area contributed by atoms with Crippen LogP contribution in [-0.2, 0) is 4.74 Å². The monoisotopic (exact) mass is 271 g/mol. The number of benzene rings is 1. The molecule has 0 aliphatic carbocycles. The Labute approximate surface area is 113 Å². The van der Waals surface area contributed by atoms with Crippen LogP contribution < -0.4 is 5.32 Å². The average Bonchev–Trinajstić information content (AvgIpc) is 2.38. The number of hydrogen-bond donors (Lipinski definition) is 1. The Kier molecular flexibility index (Phi) is 7.32. The third-order valence-corrected chi connectivity index (χ3v) is 3.79. The van der Waals surface area contributed by atoms with Gasteiger partial charge in [0, 0.05) is 23.8 Å². The molecule has 1 rings (SSSR count). The van der Waals surface area contributed by atoms with Crippen LogP contribution in [0.2, 0.25) is 0 Å². The van der Waals surface area contributed by atoms with E-state index in [0.29, 0.717) is 6.61 Å². The summed E-state index contributed by atoms with van der Waals surface area (Å²) in [4.78, 5) is 0.741. The number of methoxy groups -OCH3 is 1. The van der Waals surface area contributed by atoms with E-state index < -0.39 is 0 Å². The summed E-state index contributed by atoms with van der Waals surface area (Å²) in [5.74, 6) is 0.629. The number of thioether (sulfide) groups is 1. The van der Waals surface area contributed by atoms with Gasteiger partial charge in [-0.25, -0.2) is 4.39 Å². The lowest BCUT2D eigenvalue weighted by Crippen LogP contribution is -2.20. The van der Waals surface area contributed by atoms with E-state index in [1.807, 2.05) is 6.07 Å². The third kappa shape index (κ3) is 4.59. The number of hydrogen-bond acceptors (Lipinski definition) is 3. The van der Waals surface area contributed by atoms with Crippen molar-refractivity contribution in [2.45, 2.75) is 31.2 Å². The van der Waals surface area contributed by atoms with Crippen molar-refractivity contribution in [1.29, 1.82) is 0 Å². The van der Waals surface area contributed by atoms with Crippen LogP contribution in [0.3, 0.4) is 0 Å². The second-order valence-electron chi connectivity index (χ2n) is 4.18. The highest BCUT2D eigenvalue weighted by Gasteiger charge is 2.13. The summed E-state index contributed by atoms with van der Waals surface area (Å²) in [7, 11) is 1.66. The molecular formula is C14H22FNOS. The topological polar surface area (TPSA) is 21.3 Å². The normalized spacial score (nSPS) is 12.7. The van der Waals surface area contributed by atoms with Gasteiger partial charge in [0.05, 0.1) is 6.61 Å². The Morgan fingerprint density at radius 1 is 1.44 bits per heavy atom. The fraction of sp³-hybridized carbons (Fsp3) is 0.571. The fourth-order valence-corrected chi connectivity index (χ4v) is 2.79. The van der Waals surface area contributed by atoms with Gasteiger partial charge in [-0.15, -0.1) is 11.8 Å².